The molecule has 1 N–H and O–H groups in total. The van der Waals surface area contributed by atoms with Crippen molar-refractivity contribution < 1.29 is 18.0 Å². The number of carbonyl (C=O) groups is 2. The van der Waals surface area contributed by atoms with Crippen LogP contribution in [-0.4, -0.2) is 50.0 Å². The molecular formula is C31H34Cl2IN3O4S. The monoisotopic (exact) mass is 741 g/mol. The molecule has 0 radical (unpaired) electrons. The molecule has 4 rings (SSSR count). The standard InChI is InChI=1S/C31H34Cl2IN3O4S/c1-42(40,41)37(25-17-15-23(34)16-18-25)21-30(38)36(20-26-27(32)13-8-14-28(26)33)29(19-22-9-4-2-5-10-22)31(39)35-24-11-6-3-7-12-24/h2,4-5,8-10,13-18,24,29H,3,6-7,11-12,19-21H2,1H3,(H,35,39)/t29-/m1/s1. The van der Waals surface area contributed by atoms with Gasteiger partial charge in [-0.15, -0.1) is 0 Å². The lowest BCUT2D eigenvalue weighted by atomic mass is 9.94. The van der Waals surface area contributed by atoms with Crippen molar-refractivity contribution in [2.24, 2.45) is 0 Å². The van der Waals surface area contributed by atoms with Gasteiger partial charge in [0.15, 0.2) is 0 Å². The minimum absolute atomic E-state index is 0.0182. The van der Waals surface area contributed by atoms with Crippen molar-refractivity contribution in [3.63, 3.8) is 0 Å². The summed E-state index contributed by atoms with van der Waals surface area (Å²) < 4.78 is 27.8. The molecule has 0 aromatic heterocycles. The van der Waals surface area contributed by atoms with Crippen molar-refractivity contribution in [1.29, 1.82) is 0 Å². The van der Waals surface area contributed by atoms with Gasteiger partial charge in [-0.3, -0.25) is 13.9 Å². The SMILES string of the molecule is CS(=O)(=O)N(CC(=O)N(Cc1c(Cl)cccc1Cl)[C@H](Cc1ccccc1)C(=O)NC1CCCCC1)c1ccc(I)cc1. The second kappa shape index (κ2) is 14.9. The van der Waals surface area contributed by atoms with E-state index in [9.17, 15) is 18.0 Å². The summed E-state index contributed by atoms with van der Waals surface area (Å²) in [5.74, 6) is -0.836. The lowest BCUT2D eigenvalue weighted by Gasteiger charge is -2.35. The van der Waals surface area contributed by atoms with E-state index < -0.39 is 28.5 Å². The van der Waals surface area contributed by atoms with Crippen molar-refractivity contribution in [3.05, 3.63) is 97.5 Å². The van der Waals surface area contributed by atoms with Gasteiger partial charge in [0.25, 0.3) is 0 Å². The van der Waals surface area contributed by atoms with Gasteiger partial charge in [-0.25, -0.2) is 8.42 Å². The molecule has 0 saturated heterocycles. The minimum atomic E-state index is -3.85. The third kappa shape index (κ3) is 8.84. The largest absolute Gasteiger partial charge is 0.352 e. The maximum atomic E-state index is 14.2. The first-order valence-electron chi connectivity index (χ1n) is 13.8. The maximum Gasteiger partial charge on any atom is 0.244 e. The van der Waals surface area contributed by atoms with E-state index in [-0.39, 0.29) is 24.9 Å². The molecule has 0 aliphatic heterocycles. The summed E-state index contributed by atoms with van der Waals surface area (Å²) in [6.07, 6.45) is 6.25. The quantitative estimate of drug-likeness (QED) is 0.229. The topological polar surface area (TPSA) is 86.8 Å². The Balaban J connectivity index is 1.75. The van der Waals surface area contributed by atoms with E-state index in [4.69, 9.17) is 23.2 Å². The first-order chi connectivity index (χ1) is 20.0. The second-order valence-corrected chi connectivity index (χ2v) is 14.5. The number of nitrogens with one attached hydrogen (secondary N) is 1. The summed E-state index contributed by atoms with van der Waals surface area (Å²) in [5, 5.41) is 3.88. The summed E-state index contributed by atoms with van der Waals surface area (Å²) in [6.45, 7) is -0.569. The molecule has 7 nitrogen and oxygen atoms in total. The summed E-state index contributed by atoms with van der Waals surface area (Å²) in [4.78, 5) is 29.7. The van der Waals surface area contributed by atoms with E-state index in [2.05, 4.69) is 27.9 Å². The molecule has 0 heterocycles. The van der Waals surface area contributed by atoms with Crippen LogP contribution in [0.1, 0.15) is 43.2 Å². The summed E-state index contributed by atoms with van der Waals surface area (Å²) in [5.41, 5.74) is 1.70. The van der Waals surface area contributed by atoms with Crippen LogP contribution in [0, 0.1) is 3.57 Å². The number of nitrogens with zero attached hydrogens (tertiary/aromatic N) is 2. The Bertz CT molecular complexity index is 1460. The van der Waals surface area contributed by atoms with Crippen LogP contribution in [0.15, 0.2) is 72.8 Å². The van der Waals surface area contributed by atoms with E-state index in [1.54, 1.807) is 42.5 Å². The Labute approximate surface area is 271 Å². The van der Waals surface area contributed by atoms with E-state index in [1.807, 2.05) is 30.3 Å². The molecule has 1 saturated carbocycles. The highest BCUT2D eigenvalue weighted by atomic mass is 127. The highest BCUT2D eigenvalue weighted by molar-refractivity contribution is 14.1. The minimum Gasteiger partial charge on any atom is -0.352 e. The highest BCUT2D eigenvalue weighted by Crippen LogP contribution is 2.28. The average Bonchev–Trinajstić information content (AvgIpc) is 2.96. The molecule has 224 valence electrons. The molecule has 3 aromatic rings. The molecule has 1 fully saturated rings. The Morgan fingerprint density at radius 2 is 1.55 bits per heavy atom. The highest BCUT2D eigenvalue weighted by Gasteiger charge is 2.34. The van der Waals surface area contributed by atoms with Crippen molar-refractivity contribution >= 4 is 73.3 Å². The van der Waals surface area contributed by atoms with Gasteiger partial charge in [-0.2, -0.15) is 0 Å². The van der Waals surface area contributed by atoms with E-state index >= 15 is 0 Å². The zero-order chi connectivity index (χ0) is 30.3. The Kier molecular flexibility index (Phi) is 11.6. The lowest BCUT2D eigenvalue weighted by Crippen LogP contribution is -2.55. The molecule has 2 amide bonds. The molecule has 0 spiro atoms. The van der Waals surface area contributed by atoms with Crippen LogP contribution in [0.25, 0.3) is 0 Å². The molecule has 1 atom stereocenters. The number of carbonyl (C=O) groups excluding carboxylic acids is 2. The Morgan fingerprint density at radius 1 is 0.929 bits per heavy atom. The maximum absolute atomic E-state index is 14.2. The molecule has 1 aliphatic rings. The van der Waals surface area contributed by atoms with Crippen molar-refractivity contribution in [1.82, 2.24) is 10.2 Å². The number of hydrogen-bond donors (Lipinski definition) is 1. The number of benzene rings is 3. The predicted octanol–water partition coefficient (Wildman–Crippen LogP) is 6.45. The lowest BCUT2D eigenvalue weighted by molar-refractivity contribution is -0.140. The Morgan fingerprint density at radius 3 is 2.14 bits per heavy atom. The molecule has 42 heavy (non-hydrogen) atoms. The number of amides is 2. The molecule has 0 bridgehead atoms. The average molecular weight is 743 g/mol. The van der Waals surface area contributed by atoms with Gasteiger partial charge in [0.2, 0.25) is 21.8 Å². The molecular weight excluding hydrogens is 708 g/mol. The number of rotatable bonds is 11. The van der Waals surface area contributed by atoms with E-state index in [1.165, 1.54) is 4.90 Å². The van der Waals surface area contributed by atoms with Crippen LogP contribution in [0.5, 0.6) is 0 Å². The van der Waals surface area contributed by atoms with Crippen LogP contribution in [0.2, 0.25) is 10.0 Å². The predicted molar refractivity (Wildman–Crippen MR) is 177 cm³/mol. The third-order valence-corrected chi connectivity index (χ3v) is 9.97. The molecule has 11 heteroatoms. The zero-order valence-corrected chi connectivity index (χ0v) is 27.8. The zero-order valence-electron chi connectivity index (χ0n) is 23.3. The smallest absolute Gasteiger partial charge is 0.244 e. The van der Waals surface area contributed by atoms with Crippen molar-refractivity contribution in [2.45, 2.75) is 57.2 Å². The van der Waals surface area contributed by atoms with Gasteiger partial charge in [-0.05, 0) is 77.4 Å². The van der Waals surface area contributed by atoms with Gasteiger partial charge in [-0.1, -0.05) is 78.9 Å². The van der Waals surface area contributed by atoms with Gasteiger partial charge >= 0.3 is 0 Å². The van der Waals surface area contributed by atoms with Crippen LogP contribution in [0.3, 0.4) is 0 Å². The summed E-state index contributed by atoms with van der Waals surface area (Å²) >= 11 is 15.2. The van der Waals surface area contributed by atoms with Crippen LogP contribution >= 0.6 is 45.8 Å². The van der Waals surface area contributed by atoms with Gasteiger partial charge in [0.1, 0.15) is 12.6 Å². The van der Waals surface area contributed by atoms with Crippen molar-refractivity contribution in [3.8, 4) is 0 Å². The van der Waals surface area contributed by atoms with Gasteiger partial charge in [0.05, 0.1) is 11.9 Å². The van der Waals surface area contributed by atoms with E-state index in [0.717, 1.165) is 51.8 Å². The number of halogens is 3. The summed E-state index contributed by atoms with van der Waals surface area (Å²) in [7, 11) is -3.85. The first kappa shape index (κ1) is 32.6. The molecule has 3 aromatic carbocycles. The van der Waals surface area contributed by atoms with Gasteiger partial charge < -0.3 is 10.2 Å². The number of hydrogen-bond acceptors (Lipinski definition) is 4. The fourth-order valence-electron chi connectivity index (χ4n) is 5.17. The number of sulfonamides is 1. The van der Waals surface area contributed by atoms with Crippen LogP contribution < -0.4 is 9.62 Å². The second-order valence-electron chi connectivity index (χ2n) is 10.5. The first-order valence-corrected chi connectivity index (χ1v) is 17.5. The third-order valence-electron chi connectivity index (χ3n) is 7.41. The van der Waals surface area contributed by atoms with Crippen LogP contribution in [-0.2, 0) is 32.6 Å². The van der Waals surface area contributed by atoms with E-state index in [0.29, 0.717) is 21.3 Å². The summed E-state index contributed by atoms with van der Waals surface area (Å²) in [6, 6.07) is 20.4. The molecule has 1 aliphatic carbocycles. The fraction of sp³-hybridized carbons (Fsp3) is 0.355. The number of anilines is 1. The van der Waals surface area contributed by atoms with Gasteiger partial charge in [0, 0.05) is 38.2 Å². The normalized spacial score (nSPS) is 14.7. The van der Waals surface area contributed by atoms with Crippen molar-refractivity contribution in [2.75, 3.05) is 17.1 Å². The van der Waals surface area contributed by atoms with Crippen LogP contribution in [0.4, 0.5) is 5.69 Å². The molecule has 0 unspecified atom stereocenters. The fourth-order valence-corrected chi connectivity index (χ4v) is 6.90. The Hall–Kier alpha value is -2.34.